The molecule has 1 unspecified atom stereocenters. The first-order chi connectivity index (χ1) is 8.20. The maximum atomic E-state index is 10.3. The van der Waals surface area contributed by atoms with E-state index >= 15 is 0 Å². The Hall–Kier alpha value is -0.120. The van der Waals surface area contributed by atoms with Gasteiger partial charge in [-0.15, -0.1) is 0 Å². The minimum Gasteiger partial charge on any atom is -0.390 e. The van der Waals surface area contributed by atoms with Gasteiger partial charge in [0.25, 0.3) is 0 Å². The van der Waals surface area contributed by atoms with Crippen molar-refractivity contribution in [2.24, 2.45) is 16.7 Å². The number of ether oxygens (including phenoxy) is 1. The molecule has 3 heteroatoms. The number of fused-ring (bicyclic) bond motifs is 1. The molecule has 3 fully saturated rings. The SMILES string of the molecule is CC1(C)CCC[C@@]1(C)C1C[C@H](O)[C@@](C)(O)[C@H]2O[C@@H]12. The Bertz CT molecular complexity index is 359. The Balaban J connectivity index is 1.87. The van der Waals surface area contributed by atoms with E-state index in [9.17, 15) is 10.2 Å². The average Bonchev–Trinajstić information content (AvgIpc) is 2.99. The molecule has 6 atom stereocenters. The zero-order valence-corrected chi connectivity index (χ0v) is 11.9. The predicted octanol–water partition coefficient (Wildman–Crippen LogP) is 2.10. The summed E-state index contributed by atoms with van der Waals surface area (Å²) in [6, 6.07) is 0. The van der Waals surface area contributed by atoms with Crippen molar-refractivity contribution in [2.45, 2.75) is 77.3 Å². The molecule has 2 saturated carbocycles. The van der Waals surface area contributed by atoms with E-state index in [4.69, 9.17) is 4.74 Å². The Morgan fingerprint density at radius 3 is 2.33 bits per heavy atom. The van der Waals surface area contributed by atoms with Crippen LogP contribution in [0, 0.1) is 16.7 Å². The zero-order chi connectivity index (χ0) is 13.3. The number of hydrogen-bond acceptors (Lipinski definition) is 3. The third-order valence-electron chi connectivity index (χ3n) is 6.51. The molecule has 3 rings (SSSR count). The summed E-state index contributed by atoms with van der Waals surface area (Å²) in [6.07, 6.45) is 3.76. The minimum atomic E-state index is -1.06. The van der Waals surface area contributed by atoms with E-state index in [-0.39, 0.29) is 17.6 Å². The highest BCUT2D eigenvalue weighted by Gasteiger charge is 2.67. The lowest BCUT2D eigenvalue weighted by molar-refractivity contribution is -0.109. The Morgan fingerprint density at radius 1 is 1.11 bits per heavy atom. The van der Waals surface area contributed by atoms with Gasteiger partial charge in [-0.05, 0) is 42.9 Å². The van der Waals surface area contributed by atoms with Gasteiger partial charge in [0.15, 0.2) is 0 Å². The lowest BCUT2D eigenvalue weighted by Gasteiger charge is -2.48. The van der Waals surface area contributed by atoms with Crippen LogP contribution in [0.2, 0.25) is 0 Å². The molecule has 1 aliphatic heterocycles. The van der Waals surface area contributed by atoms with Gasteiger partial charge in [-0.25, -0.2) is 0 Å². The van der Waals surface area contributed by atoms with Crippen molar-refractivity contribution >= 4 is 0 Å². The summed E-state index contributed by atoms with van der Waals surface area (Å²) in [4.78, 5) is 0. The largest absolute Gasteiger partial charge is 0.390 e. The number of hydrogen-bond donors (Lipinski definition) is 2. The van der Waals surface area contributed by atoms with Crippen LogP contribution < -0.4 is 0 Å². The van der Waals surface area contributed by atoms with Gasteiger partial charge in [0.2, 0.25) is 0 Å². The van der Waals surface area contributed by atoms with Gasteiger partial charge in [0, 0.05) is 0 Å². The minimum absolute atomic E-state index is 0.153. The first-order valence-electron chi connectivity index (χ1n) is 7.26. The van der Waals surface area contributed by atoms with Crippen LogP contribution in [0.5, 0.6) is 0 Å². The molecular formula is C15H26O3. The van der Waals surface area contributed by atoms with Crippen molar-refractivity contribution in [2.75, 3.05) is 0 Å². The van der Waals surface area contributed by atoms with Crippen LogP contribution in [0.25, 0.3) is 0 Å². The molecule has 0 bridgehead atoms. The fraction of sp³-hybridized carbons (Fsp3) is 1.00. The summed E-state index contributed by atoms with van der Waals surface area (Å²) in [7, 11) is 0. The maximum absolute atomic E-state index is 10.3. The van der Waals surface area contributed by atoms with E-state index in [2.05, 4.69) is 20.8 Å². The van der Waals surface area contributed by atoms with Crippen LogP contribution in [0.15, 0.2) is 0 Å². The van der Waals surface area contributed by atoms with Gasteiger partial charge in [0.1, 0.15) is 11.7 Å². The summed E-state index contributed by atoms with van der Waals surface area (Å²) in [5.74, 6) is 0.384. The lowest BCUT2D eigenvalue weighted by atomic mass is 9.57. The van der Waals surface area contributed by atoms with E-state index in [0.717, 1.165) is 0 Å². The van der Waals surface area contributed by atoms with Gasteiger partial charge in [0.05, 0.1) is 12.2 Å². The monoisotopic (exact) mass is 254 g/mol. The number of aliphatic hydroxyl groups excluding tert-OH is 1. The van der Waals surface area contributed by atoms with Crippen molar-refractivity contribution in [3.05, 3.63) is 0 Å². The van der Waals surface area contributed by atoms with Crippen LogP contribution in [0.4, 0.5) is 0 Å². The standard InChI is InChI=1S/C15H26O3/c1-13(2)6-5-7-14(13,3)9-8-10(16)15(4,17)12-11(9)18-12/h9-12,16-17H,5-8H2,1-4H3/t9?,10-,11-,12-,14-,15+/m0/s1. The third-order valence-corrected chi connectivity index (χ3v) is 6.51. The van der Waals surface area contributed by atoms with Crippen molar-refractivity contribution in [1.82, 2.24) is 0 Å². The highest BCUT2D eigenvalue weighted by Crippen LogP contribution is 2.63. The maximum Gasteiger partial charge on any atom is 0.116 e. The topological polar surface area (TPSA) is 53.0 Å². The Morgan fingerprint density at radius 2 is 1.78 bits per heavy atom. The highest BCUT2D eigenvalue weighted by atomic mass is 16.6. The van der Waals surface area contributed by atoms with Crippen molar-refractivity contribution in [1.29, 1.82) is 0 Å². The van der Waals surface area contributed by atoms with Gasteiger partial charge >= 0.3 is 0 Å². The second-order valence-corrected chi connectivity index (χ2v) is 7.76. The normalized spacial score (nSPS) is 58.3. The molecule has 2 N–H and O–H groups in total. The fourth-order valence-electron chi connectivity index (χ4n) is 4.53. The second kappa shape index (κ2) is 3.50. The van der Waals surface area contributed by atoms with Gasteiger partial charge in [-0.1, -0.05) is 27.2 Å². The van der Waals surface area contributed by atoms with Crippen LogP contribution in [0.3, 0.4) is 0 Å². The van der Waals surface area contributed by atoms with Crippen molar-refractivity contribution < 1.29 is 14.9 Å². The first kappa shape index (κ1) is 12.9. The summed E-state index contributed by atoms with van der Waals surface area (Å²) >= 11 is 0. The van der Waals surface area contributed by atoms with Crippen LogP contribution in [-0.4, -0.2) is 34.1 Å². The average molecular weight is 254 g/mol. The van der Waals surface area contributed by atoms with E-state index in [0.29, 0.717) is 17.8 Å². The van der Waals surface area contributed by atoms with Gasteiger partial charge in [-0.2, -0.15) is 0 Å². The third kappa shape index (κ3) is 1.47. The lowest BCUT2D eigenvalue weighted by Crippen LogP contribution is -2.54. The predicted molar refractivity (Wildman–Crippen MR) is 69.1 cm³/mol. The van der Waals surface area contributed by atoms with Gasteiger partial charge in [-0.3, -0.25) is 0 Å². The summed E-state index contributed by atoms with van der Waals surface area (Å²) in [5, 5.41) is 20.5. The van der Waals surface area contributed by atoms with E-state index in [1.807, 2.05) is 0 Å². The van der Waals surface area contributed by atoms with E-state index in [1.54, 1.807) is 6.92 Å². The molecule has 0 aromatic rings. The molecule has 0 radical (unpaired) electrons. The number of rotatable bonds is 1. The molecule has 0 spiro atoms. The molecule has 18 heavy (non-hydrogen) atoms. The van der Waals surface area contributed by atoms with Crippen LogP contribution in [0.1, 0.15) is 53.4 Å². The van der Waals surface area contributed by atoms with Gasteiger partial charge < -0.3 is 14.9 Å². The summed E-state index contributed by atoms with van der Waals surface area (Å²) in [5.41, 5.74) is -0.527. The molecule has 3 aliphatic rings. The van der Waals surface area contributed by atoms with Crippen LogP contribution in [-0.2, 0) is 4.74 Å². The molecule has 2 aliphatic carbocycles. The molecule has 104 valence electrons. The molecule has 1 heterocycles. The molecule has 3 nitrogen and oxygen atoms in total. The second-order valence-electron chi connectivity index (χ2n) is 7.76. The Labute approximate surface area is 110 Å². The molecule has 0 amide bonds. The quantitative estimate of drug-likeness (QED) is 0.705. The fourth-order valence-corrected chi connectivity index (χ4v) is 4.53. The Kier molecular flexibility index (Phi) is 2.51. The molecular weight excluding hydrogens is 228 g/mol. The summed E-state index contributed by atoms with van der Waals surface area (Å²) in [6.45, 7) is 8.75. The molecule has 0 aromatic heterocycles. The van der Waals surface area contributed by atoms with E-state index < -0.39 is 11.7 Å². The zero-order valence-electron chi connectivity index (χ0n) is 11.9. The van der Waals surface area contributed by atoms with Crippen molar-refractivity contribution in [3.63, 3.8) is 0 Å². The first-order valence-corrected chi connectivity index (χ1v) is 7.26. The summed E-state index contributed by atoms with van der Waals surface area (Å²) < 4.78 is 5.74. The smallest absolute Gasteiger partial charge is 0.116 e. The van der Waals surface area contributed by atoms with E-state index in [1.165, 1.54) is 19.3 Å². The highest BCUT2D eigenvalue weighted by molar-refractivity contribution is 5.15. The molecule has 0 aromatic carbocycles. The number of epoxide rings is 1. The number of aliphatic hydroxyl groups is 2. The van der Waals surface area contributed by atoms with Crippen molar-refractivity contribution in [3.8, 4) is 0 Å². The van der Waals surface area contributed by atoms with Crippen LogP contribution >= 0.6 is 0 Å². The molecule has 1 saturated heterocycles.